The van der Waals surface area contributed by atoms with Crippen molar-refractivity contribution in [2.45, 2.75) is 11.4 Å². The van der Waals surface area contributed by atoms with Gasteiger partial charge in [-0.2, -0.15) is 0 Å². The van der Waals surface area contributed by atoms with Crippen molar-refractivity contribution < 1.29 is 9.13 Å². The maximum Gasteiger partial charge on any atom is 0.287 e. The molecule has 0 amide bonds. The molecule has 0 aliphatic carbocycles. The zero-order valence-electron chi connectivity index (χ0n) is 9.17. The van der Waals surface area contributed by atoms with Crippen LogP contribution in [-0.2, 0) is 10.8 Å². The topological polar surface area (TPSA) is 85.1 Å². The smallest absolute Gasteiger partial charge is 0.287 e. The lowest BCUT2D eigenvalue weighted by atomic mass is 10.2. The fourth-order valence-corrected chi connectivity index (χ4v) is 3.04. The number of aromatic nitrogens is 1. The van der Waals surface area contributed by atoms with Crippen LogP contribution in [0.2, 0.25) is 0 Å². The average molecular weight is 255 g/mol. The molecule has 17 heavy (non-hydrogen) atoms. The van der Waals surface area contributed by atoms with Crippen molar-refractivity contribution in [2.24, 2.45) is 5.92 Å². The second-order valence-corrected chi connectivity index (χ2v) is 5.43. The standard InChI is InChI=1S/C10H13N3O3S/c14-13(15)9-1-2-10(12-6-9)17(16)7-8-3-4-11-5-8/h1-2,6,8,11H,3-5,7H2/t8-,17-/m1/s1. The Kier molecular flexibility index (Phi) is 3.80. The van der Waals surface area contributed by atoms with Crippen LogP contribution in [-0.4, -0.2) is 33.0 Å². The summed E-state index contributed by atoms with van der Waals surface area (Å²) in [6.07, 6.45) is 2.18. The molecule has 92 valence electrons. The van der Waals surface area contributed by atoms with Crippen LogP contribution in [0.15, 0.2) is 23.4 Å². The van der Waals surface area contributed by atoms with Crippen molar-refractivity contribution in [3.8, 4) is 0 Å². The third-order valence-corrected chi connectivity index (χ3v) is 4.20. The number of nitro groups is 1. The monoisotopic (exact) mass is 255 g/mol. The van der Waals surface area contributed by atoms with Crippen LogP contribution in [0.5, 0.6) is 0 Å². The summed E-state index contributed by atoms with van der Waals surface area (Å²) in [5.41, 5.74) is -0.0757. The van der Waals surface area contributed by atoms with Gasteiger partial charge in [0.05, 0.1) is 15.7 Å². The third kappa shape index (κ3) is 3.07. The molecule has 0 radical (unpaired) electrons. The molecule has 0 aromatic carbocycles. The van der Waals surface area contributed by atoms with Crippen molar-refractivity contribution in [3.63, 3.8) is 0 Å². The van der Waals surface area contributed by atoms with Crippen molar-refractivity contribution in [2.75, 3.05) is 18.8 Å². The van der Waals surface area contributed by atoms with Crippen LogP contribution < -0.4 is 5.32 Å². The second kappa shape index (κ2) is 5.33. The molecule has 6 nitrogen and oxygen atoms in total. The minimum absolute atomic E-state index is 0.0757. The van der Waals surface area contributed by atoms with Crippen molar-refractivity contribution >= 4 is 16.5 Å². The molecule has 1 aliphatic heterocycles. The van der Waals surface area contributed by atoms with E-state index in [0.29, 0.717) is 16.7 Å². The van der Waals surface area contributed by atoms with E-state index in [0.717, 1.165) is 25.7 Å². The van der Waals surface area contributed by atoms with E-state index in [1.54, 1.807) is 0 Å². The molecular formula is C10H13N3O3S. The lowest BCUT2D eigenvalue weighted by molar-refractivity contribution is -0.385. The van der Waals surface area contributed by atoms with Gasteiger partial charge in [-0.1, -0.05) is 0 Å². The molecular weight excluding hydrogens is 242 g/mol. The molecule has 1 saturated heterocycles. The summed E-state index contributed by atoms with van der Waals surface area (Å²) >= 11 is 0. The van der Waals surface area contributed by atoms with E-state index in [-0.39, 0.29) is 5.69 Å². The van der Waals surface area contributed by atoms with Crippen molar-refractivity contribution in [1.82, 2.24) is 10.3 Å². The Morgan fingerprint density at radius 3 is 2.94 bits per heavy atom. The van der Waals surface area contributed by atoms with Crippen LogP contribution in [0.3, 0.4) is 0 Å². The highest BCUT2D eigenvalue weighted by Gasteiger charge is 2.19. The lowest BCUT2D eigenvalue weighted by Gasteiger charge is -2.06. The molecule has 0 saturated carbocycles. The highest BCUT2D eigenvalue weighted by atomic mass is 32.2. The minimum Gasteiger partial charge on any atom is -0.316 e. The van der Waals surface area contributed by atoms with Crippen LogP contribution in [0.25, 0.3) is 0 Å². The summed E-state index contributed by atoms with van der Waals surface area (Å²) in [6, 6.07) is 2.81. The summed E-state index contributed by atoms with van der Waals surface area (Å²) in [6.45, 7) is 1.86. The number of hydrogen-bond donors (Lipinski definition) is 1. The predicted molar refractivity (Wildman–Crippen MR) is 63.1 cm³/mol. The molecule has 1 aliphatic rings. The highest BCUT2D eigenvalue weighted by molar-refractivity contribution is 7.84. The van der Waals surface area contributed by atoms with E-state index in [1.807, 2.05) is 0 Å². The first-order valence-electron chi connectivity index (χ1n) is 5.36. The molecule has 1 N–H and O–H groups in total. The summed E-state index contributed by atoms with van der Waals surface area (Å²) in [7, 11) is -1.17. The van der Waals surface area contributed by atoms with E-state index >= 15 is 0 Å². The van der Waals surface area contributed by atoms with Gasteiger partial charge >= 0.3 is 0 Å². The van der Waals surface area contributed by atoms with Gasteiger partial charge in [0.15, 0.2) is 0 Å². The third-order valence-electron chi connectivity index (χ3n) is 2.71. The molecule has 2 atom stereocenters. The Hall–Kier alpha value is -1.34. The van der Waals surface area contributed by atoms with E-state index < -0.39 is 15.7 Å². The van der Waals surface area contributed by atoms with E-state index in [9.17, 15) is 14.3 Å². The highest BCUT2D eigenvalue weighted by Crippen LogP contribution is 2.15. The van der Waals surface area contributed by atoms with Crippen LogP contribution >= 0.6 is 0 Å². The summed E-state index contributed by atoms with van der Waals surface area (Å²) in [5.74, 6) is 0.977. The number of nitrogens with one attached hydrogen (secondary N) is 1. The zero-order chi connectivity index (χ0) is 12.3. The Balaban J connectivity index is 2.01. The van der Waals surface area contributed by atoms with Gasteiger partial charge in [0.25, 0.3) is 5.69 Å². The molecule has 1 aromatic heterocycles. The number of rotatable bonds is 4. The van der Waals surface area contributed by atoms with Gasteiger partial charge < -0.3 is 5.32 Å². The van der Waals surface area contributed by atoms with E-state index in [4.69, 9.17) is 0 Å². The Morgan fingerprint density at radius 1 is 1.59 bits per heavy atom. The molecule has 1 aromatic rings. The molecule has 0 spiro atoms. The maximum absolute atomic E-state index is 11.9. The first-order valence-corrected chi connectivity index (χ1v) is 6.68. The summed E-state index contributed by atoms with van der Waals surface area (Å²) < 4.78 is 11.9. The number of nitrogens with zero attached hydrogens (tertiary/aromatic N) is 2. The quantitative estimate of drug-likeness (QED) is 0.632. The summed E-state index contributed by atoms with van der Waals surface area (Å²) in [4.78, 5) is 13.8. The van der Waals surface area contributed by atoms with Gasteiger partial charge in [-0.15, -0.1) is 0 Å². The van der Waals surface area contributed by atoms with Gasteiger partial charge in [-0.3, -0.25) is 14.3 Å². The first kappa shape index (κ1) is 12.1. The van der Waals surface area contributed by atoms with Crippen LogP contribution in [0.4, 0.5) is 5.69 Å². The minimum atomic E-state index is -1.17. The molecule has 7 heteroatoms. The van der Waals surface area contributed by atoms with E-state index in [1.165, 1.54) is 12.1 Å². The molecule has 0 unspecified atom stereocenters. The SMILES string of the molecule is O=[N+]([O-])c1ccc([S@](=O)C[C@@H]2CCNC2)nc1. The van der Waals surface area contributed by atoms with Gasteiger partial charge in [0, 0.05) is 11.8 Å². The Morgan fingerprint density at radius 2 is 2.41 bits per heavy atom. The van der Waals surface area contributed by atoms with Crippen LogP contribution in [0, 0.1) is 16.0 Å². The molecule has 2 heterocycles. The van der Waals surface area contributed by atoms with Gasteiger partial charge in [0.1, 0.15) is 11.2 Å². The van der Waals surface area contributed by atoms with Gasteiger partial charge in [-0.05, 0) is 31.5 Å². The molecule has 1 fully saturated rings. The fraction of sp³-hybridized carbons (Fsp3) is 0.500. The van der Waals surface area contributed by atoms with Crippen molar-refractivity contribution in [3.05, 3.63) is 28.4 Å². The zero-order valence-corrected chi connectivity index (χ0v) is 9.98. The summed E-state index contributed by atoms with van der Waals surface area (Å²) in [5, 5.41) is 14.1. The molecule has 0 bridgehead atoms. The van der Waals surface area contributed by atoms with Crippen LogP contribution in [0.1, 0.15) is 6.42 Å². The largest absolute Gasteiger partial charge is 0.316 e. The van der Waals surface area contributed by atoms with Gasteiger partial charge in [0.2, 0.25) is 0 Å². The first-order chi connectivity index (χ1) is 8.16. The maximum atomic E-state index is 11.9. The van der Waals surface area contributed by atoms with E-state index in [2.05, 4.69) is 10.3 Å². The predicted octanol–water partition coefficient (Wildman–Crippen LogP) is 0.707. The van der Waals surface area contributed by atoms with Gasteiger partial charge in [-0.25, -0.2) is 4.98 Å². The normalized spacial score (nSPS) is 21.3. The Labute approximate surface area is 101 Å². The fourth-order valence-electron chi connectivity index (χ4n) is 1.77. The molecule has 2 rings (SSSR count). The Bertz CT molecular complexity index is 429. The average Bonchev–Trinajstić information content (AvgIpc) is 2.82. The second-order valence-electron chi connectivity index (χ2n) is 3.98. The lowest BCUT2D eigenvalue weighted by Crippen LogP contribution is -2.15. The van der Waals surface area contributed by atoms with Crippen molar-refractivity contribution in [1.29, 1.82) is 0 Å². The number of hydrogen-bond acceptors (Lipinski definition) is 5. The number of pyridine rings is 1.